The molecule has 0 unspecified atom stereocenters. The predicted molar refractivity (Wildman–Crippen MR) is 106 cm³/mol. The summed E-state index contributed by atoms with van der Waals surface area (Å²) < 4.78 is 1.94. The minimum absolute atomic E-state index is 0.0106. The molecule has 2 N–H and O–H groups in total. The number of nitrogens with one attached hydrogen (secondary N) is 2. The van der Waals surface area contributed by atoms with Crippen LogP contribution in [0.5, 0.6) is 0 Å². The number of carbonyl (C=O) groups excluding carboxylic acids is 1. The van der Waals surface area contributed by atoms with Gasteiger partial charge in [0, 0.05) is 42.8 Å². The Balaban J connectivity index is 1.73. The zero-order valence-corrected chi connectivity index (χ0v) is 15.6. The molecule has 27 heavy (non-hydrogen) atoms. The van der Waals surface area contributed by atoms with Crippen molar-refractivity contribution in [2.24, 2.45) is 0 Å². The van der Waals surface area contributed by atoms with Gasteiger partial charge in [0.2, 0.25) is 5.91 Å². The Morgan fingerprint density at radius 2 is 2.00 bits per heavy atom. The van der Waals surface area contributed by atoms with Crippen LogP contribution in [0.15, 0.2) is 61.1 Å². The van der Waals surface area contributed by atoms with E-state index in [0.717, 1.165) is 23.2 Å². The molecule has 0 atom stereocenters. The Morgan fingerprint density at radius 1 is 1.15 bits per heavy atom. The van der Waals surface area contributed by atoms with Crippen LogP contribution in [-0.2, 0) is 17.9 Å². The van der Waals surface area contributed by atoms with E-state index in [1.165, 1.54) is 5.56 Å². The molecule has 0 radical (unpaired) electrons. The number of carbonyl (C=O) groups is 1. The summed E-state index contributed by atoms with van der Waals surface area (Å²) in [5, 5.41) is 10.8. The van der Waals surface area contributed by atoms with Crippen LogP contribution in [0.2, 0.25) is 0 Å². The van der Waals surface area contributed by atoms with Crippen LogP contribution in [-0.4, -0.2) is 33.8 Å². The Kier molecular flexibility index (Phi) is 6.71. The predicted octanol–water partition coefficient (Wildman–Crippen LogP) is 2.61. The highest BCUT2D eigenvalue weighted by atomic mass is 16.1. The van der Waals surface area contributed by atoms with Crippen molar-refractivity contribution in [2.45, 2.75) is 26.4 Å². The lowest BCUT2D eigenvalue weighted by molar-refractivity contribution is -0.120. The monoisotopic (exact) mass is 363 g/mol. The molecule has 1 amide bonds. The van der Waals surface area contributed by atoms with E-state index in [-0.39, 0.29) is 12.5 Å². The summed E-state index contributed by atoms with van der Waals surface area (Å²) in [6.45, 7) is 4.30. The normalized spacial score (nSPS) is 10.7. The fourth-order valence-corrected chi connectivity index (χ4v) is 2.83. The maximum atomic E-state index is 11.8. The van der Waals surface area contributed by atoms with E-state index in [2.05, 4.69) is 27.8 Å². The lowest BCUT2D eigenvalue weighted by atomic mass is 10.1. The van der Waals surface area contributed by atoms with Gasteiger partial charge in [0.15, 0.2) is 0 Å². The van der Waals surface area contributed by atoms with Crippen LogP contribution in [0.25, 0.3) is 11.3 Å². The van der Waals surface area contributed by atoms with Crippen LogP contribution in [0.3, 0.4) is 0 Å². The second-order valence-electron chi connectivity index (χ2n) is 6.38. The molecule has 0 bridgehead atoms. The maximum absolute atomic E-state index is 11.8. The highest BCUT2D eigenvalue weighted by molar-refractivity contribution is 5.78. The average Bonchev–Trinajstić information content (AvgIpc) is 3.10. The van der Waals surface area contributed by atoms with Crippen molar-refractivity contribution >= 4 is 5.91 Å². The van der Waals surface area contributed by atoms with Gasteiger partial charge in [0.05, 0.1) is 18.8 Å². The Hall–Kier alpha value is -2.99. The topological polar surface area (TPSA) is 71.8 Å². The van der Waals surface area contributed by atoms with Gasteiger partial charge in [-0.15, -0.1) is 0 Å². The zero-order chi connectivity index (χ0) is 18.9. The number of hydrogen-bond acceptors (Lipinski definition) is 4. The van der Waals surface area contributed by atoms with E-state index in [9.17, 15) is 4.79 Å². The molecule has 0 aliphatic carbocycles. The summed E-state index contributed by atoms with van der Waals surface area (Å²) in [5.74, 6) is 0.0106. The highest BCUT2D eigenvalue weighted by Gasteiger charge is 2.12. The number of hydrogen-bond donors (Lipinski definition) is 2. The third kappa shape index (κ3) is 5.49. The van der Waals surface area contributed by atoms with Gasteiger partial charge in [-0.2, -0.15) is 5.10 Å². The number of benzene rings is 1. The lowest BCUT2D eigenvalue weighted by Crippen LogP contribution is -2.33. The number of aromatic nitrogens is 3. The molecule has 6 heteroatoms. The molecule has 3 aromatic rings. The van der Waals surface area contributed by atoms with E-state index in [1.807, 2.05) is 54.3 Å². The van der Waals surface area contributed by atoms with Crippen LogP contribution >= 0.6 is 0 Å². The standard InChI is InChI=1S/C21H25N5O/c1-2-10-24-20(27)14-23-13-19-16-26(15-17-7-4-3-5-8-17)25-21(19)18-9-6-11-22-12-18/h3-9,11-12,16,23H,2,10,13-15H2,1H3,(H,24,27). The lowest BCUT2D eigenvalue weighted by Gasteiger charge is -2.06. The molecule has 0 aliphatic rings. The molecule has 3 rings (SSSR count). The highest BCUT2D eigenvalue weighted by Crippen LogP contribution is 2.21. The first kappa shape index (κ1) is 18.8. The van der Waals surface area contributed by atoms with Crippen molar-refractivity contribution in [3.63, 3.8) is 0 Å². The molecule has 2 heterocycles. The van der Waals surface area contributed by atoms with Crippen molar-refractivity contribution in [1.29, 1.82) is 0 Å². The molecule has 6 nitrogen and oxygen atoms in total. The first-order valence-corrected chi connectivity index (χ1v) is 9.24. The third-order valence-electron chi connectivity index (χ3n) is 4.13. The van der Waals surface area contributed by atoms with E-state index in [4.69, 9.17) is 5.10 Å². The molecule has 0 saturated carbocycles. The minimum atomic E-state index is 0.0106. The fourth-order valence-electron chi connectivity index (χ4n) is 2.83. The smallest absolute Gasteiger partial charge is 0.233 e. The molecule has 1 aromatic carbocycles. The molecule has 0 spiro atoms. The van der Waals surface area contributed by atoms with E-state index >= 15 is 0 Å². The van der Waals surface area contributed by atoms with Crippen LogP contribution in [0.4, 0.5) is 0 Å². The average molecular weight is 363 g/mol. The second kappa shape index (κ2) is 9.64. The molecule has 0 saturated heterocycles. The van der Waals surface area contributed by atoms with E-state index in [1.54, 1.807) is 6.20 Å². The first-order chi connectivity index (χ1) is 13.3. The number of nitrogens with zero attached hydrogens (tertiary/aromatic N) is 3. The molecular formula is C21H25N5O. The number of amides is 1. The van der Waals surface area contributed by atoms with Gasteiger partial charge in [-0.3, -0.25) is 14.5 Å². The van der Waals surface area contributed by atoms with E-state index in [0.29, 0.717) is 19.6 Å². The fraction of sp³-hybridized carbons (Fsp3) is 0.286. The van der Waals surface area contributed by atoms with Gasteiger partial charge in [0.1, 0.15) is 0 Å². The number of pyridine rings is 1. The van der Waals surface area contributed by atoms with Crippen molar-refractivity contribution in [2.75, 3.05) is 13.1 Å². The molecule has 0 fully saturated rings. The van der Waals surface area contributed by atoms with Gasteiger partial charge in [0.25, 0.3) is 0 Å². The summed E-state index contributed by atoms with van der Waals surface area (Å²) in [4.78, 5) is 16.0. The first-order valence-electron chi connectivity index (χ1n) is 9.24. The Morgan fingerprint density at radius 3 is 2.74 bits per heavy atom. The molecule has 140 valence electrons. The minimum Gasteiger partial charge on any atom is -0.355 e. The summed E-state index contributed by atoms with van der Waals surface area (Å²) in [5.41, 5.74) is 4.09. The maximum Gasteiger partial charge on any atom is 0.233 e. The van der Waals surface area contributed by atoms with Crippen molar-refractivity contribution in [3.8, 4) is 11.3 Å². The van der Waals surface area contributed by atoms with Crippen molar-refractivity contribution < 1.29 is 4.79 Å². The van der Waals surface area contributed by atoms with Gasteiger partial charge >= 0.3 is 0 Å². The quantitative estimate of drug-likeness (QED) is 0.613. The van der Waals surface area contributed by atoms with Crippen LogP contribution in [0, 0.1) is 0 Å². The largest absolute Gasteiger partial charge is 0.355 e. The third-order valence-corrected chi connectivity index (χ3v) is 4.13. The van der Waals surface area contributed by atoms with E-state index < -0.39 is 0 Å². The Labute approximate surface area is 159 Å². The van der Waals surface area contributed by atoms with Crippen LogP contribution < -0.4 is 10.6 Å². The van der Waals surface area contributed by atoms with Crippen LogP contribution in [0.1, 0.15) is 24.5 Å². The van der Waals surface area contributed by atoms with Gasteiger partial charge in [-0.05, 0) is 24.1 Å². The summed E-state index contributed by atoms with van der Waals surface area (Å²) in [6.07, 6.45) is 6.53. The zero-order valence-electron chi connectivity index (χ0n) is 15.6. The molecular weight excluding hydrogens is 338 g/mol. The second-order valence-corrected chi connectivity index (χ2v) is 6.38. The van der Waals surface area contributed by atoms with Crippen molar-refractivity contribution in [3.05, 3.63) is 72.2 Å². The summed E-state index contributed by atoms with van der Waals surface area (Å²) >= 11 is 0. The number of rotatable bonds is 9. The molecule has 2 aromatic heterocycles. The Bertz CT molecular complexity index is 846. The molecule has 0 aliphatic heterocycles. The van der Waals surface area contributed by atoms with Gasteiger partial charge in [-0.25, -0.2) is 0 Å². The van der Waals surface area contributed by atoms with Gasteiger partial charge in [-0.1, -0.05) is 37.3 Å². The van der Waals surface area contributed by atoms with Gasteiger partial charge < -0.3 is 10.6 Å². The summed E-state index contributed by atoms with van der Waals surface area (Å²) in [6, 6.07) is 14.1. The summed E-state index contributed by atoms with van der Waals surface area (Å²) in [7, 11) is 0. The van der Waals surface area contributed by atoms with Crippen molar-refractivity contribution in [1.82, 2.24) is 25.4 Å². The SMILES string of the molecule is CCCNC(=O)CNCc1cn(Cc2ccccc2)nc1-c1cccnc1.